The largest absolute Gasteiger partial charge is 0.388 e. The van der Waals surface area contributed by atoms with Crippen molar-refractivity contribution >= 4 is 5.91 Å². The van der Waals surface area contributed by atoms with Gasteiger partial charge in [-0.2, -0.15) is 5.10 Å². The van der Waals surface area contributed by atoms with Gasteiger partial charge in [0.1, 0.15) is 0 Å². The van der Waals surface area contributed by atoms with E-state index in [2.05, 4.69) is 15.5 Å². The molecule has 0 aromatic carbocycles. The van der Waals surface area contributed by atoms with Gasteiger partial charge in [-0.1, -0.05) is 20.3 Å². The lowest BCUT2D eigenvalue weighted by Crippen LogP contribution is -2.45. The van der Waals surface area contributed by atoms with E-state index in [1.165, 1.54) is 0 Å². The maximum absolute atomic E-state index is 12.2. The fraction of sp³-hybridized carbons (Fsp3) is 0.733. The lowest BCUT2D eigenvalue weighted by Gasteiger charge is -2.29. The molecular weight excluding hydrogens is 254 g/mol. The number of hydrogen-bond donors (Lipinski definition) is 3. The van der Waals surface area contributed by atoms with E-state index >= 15 is 0 Å². The Kier molecular flexibility index (Phi) is 4.48. The van der Waals surface area contributed by atoms with Crippen molar-refractivity contribution in [2.75, 3.05) is 6.54 Å². The van der Waals surface area contributed by atoms with Crippen molar-refractivity contribution in [2.24, 2.45) is 5.92 Å². The van der Waals surface area contributed by atoms with E-state index in [0.717, 1.165) is 43.4 Å². The van der Waals surface area contributed by atoms with Gasteiger partial charge in [0.15, 0.2) is 5.69 Å². The predicted molar refractivity (Wildman–Crippen MR) is 77.6 cm³/mol. The molecule has 1 amide bonds. The molecule has 0 radical (unpaired) electrons. The number of nitrogens with zero attached hydrogens (tertiary/aromatic N) is 1. The highest BCUT2D eigenvalue weighted by atomic mass is 16.3. The Bertz CT molecular complexity index is 479. The summed E-state index contributed by atoms with van der Waals surface area (Å²) in [6.45, 7) is 6.04. The van der Waals surface area contributed by atoms with Crippen LogP contribution in [0.1, 0.15) is 61.8 Å². The van der Waals surface area contributed by atoms with Gasteiger partial charge in [0.2, 0.25) is 0 Å². The molecule has 1 aliphatic carbocycles. The minimum atomic E-state index is -0.888. The van der Waals surface area contributed by atoms with Crippen LogP contribution >= 0.6 is 0 Å². The number of aromatic nitrogens is 2. The van der Waals surface area contributed by atoms with Crippen LogP contribution in [-0.2, 0) is 12.8 Å². The number of nitrogens with one attached hydrogen (secondary N) is 2. The number of carbonyl (C=O) groups excluding carboxylic acids is 1. The summed E-state index contributed by atoms with van der Waals surface area (Å²) in [7, 11) is 0. The summed E-state index contributed by atoms with van der Waals surface area (Å²) in [5.74, 6) is -0.0520. The highest BCUT2D eigenvalue weighted by Gasteiger charge is 2.29. The molecule has 3 N–H and O–H groups in total. The van der Waals surface area contributed by atoms with E-state index < -0.39 is 5.60 Å². The summed E-state index contributed by atoms with van der Waals surface area (Å²) in [6, 6.07) is 0. The van der Waals surface area contributed by atoms with Crippen LogP contribution in [0.25, 0.3) is 0 Å². The van der Waals surface area contributed by atoms with Gasteiger partial charge in [-0.15, -0.1) is 0 Å². The van der Waals surface area contributed by atoms with Gasteiger partial charge in [-0.25, -0.2) is 0 Å². The molecule has 0 spiro atoms. The minimum Gasteiger partial charge on any atom is -0.388 e. The van der Waals surface area contributed by atoms with Crippen LogP contribution in [-0.4, -0.2) is 33.4 Å². The Balaban J connectivity index is 2.01. The van der Waals surface area contributed by atoms with Gasteiger partial charge >= 0.3 is 0 Å². The summed E-state index contributed by atoms with van der Waals surface area (Å²) >= 11 is 0. The molecule has 5 heteroatoms. The van der Waals surface area contributed by atoms with Crippen LogP contribution in [0, 0.1) is 5.92 Å². The second-order valence-electron chi connectivity index (χ2n) is 6.09. The van der Waals surface area contributed by atoms with E-state index in [9.17, 15) is 9.90 Å². The smallest absolute Gasteiger partial charge is 0.272 e. The van der Waals surface area contributed by atoms with Crippen LogP contribution in [0.15, 0.2) is 0 Å². The highest BCUT2D eigenvalue weighted by Crippen LogP contribution is 2.23. The van der Waals surface area contributed by atoms with E-state index in [1.807, 2.05) is 13.8 Å². The monoisotopic (exact) mass is 279 g/mol. The van der Waals surface area contributed by atoms with Crippen LogP contribution in [0.4, 0.5) is 0 Å². The van der Waals surface area contributed by atoms with Crippen LogP contribution in [0.2, 0.25) is 0 Å². The summed E-state index contributed by atoms with van der Waals surface area (Å²) in [4.78, 5) is 12.2. The Morgan fingerprint density at radius 2 is 2.20 bits per heavy atom. The number of aliphatic hydroxyl groups is 1. The highest BCUT2D eigenvalue weighted by molar-refractivity contribution is 5.94. The summed E-state index contributed by atoms with van der Waals surface area (Å²) in [6.07, 6.45) is 5.02. The Morgan fingerprint density at radius 3 is 2.90 bits per heavy atom. The van der Waals surface area contributed by atoms with Crippen LogP contribution in [0.5, 0.6) is 0 Å². The van der Waals surface area contributed by atoms with Crippen LogP contribution < -0.4 is 5.32 Å². The number of carbonyl (C=O) groups is 1. The van der Waals surface area contributed by atoms with Crippen molar-refractivity contribution in [3.8, 4) is 0 Å². The van der Waals surface area contributed by atoms with E-state index in [1.54, 1.807) is 6.92 Å². The Hall–Kier alpha value is -1.36. The molecule has 1 aromatic heterocycles. The molecule has 2 rings (SSSR count). The van der Waals surface area contributed by atoms with E-state index in [-0.39, 0.29) is 18.4 Å². The maximum Gasteiger partial charge on any atom is 0.272 e. The molecule has 1 aliphatic rings. The average Bonchev–Trinajstić information content (AvgIpc) is 2.88. The maximum atomic E-state index is 12.2. The van der Waals surface area contributed by atoms with Crippen molar-refractivity contribution in [1.29, 1.82) is 0 Å². The standard InChI is InChI=1S/C15H25N3O2/c1-4-10(2)15(3,20)9-16-14(19)13-11-7-5-6-8-12(11)17-18-13/h10,20H,4-9H2,1-3H3,(H,16,19)(H,17,18). The Labute approximate surface area is 120 Å². The zero-order valence-corrected chi connectivity index (χ0v) is 12.6. The molecule has 20 heavy (non-hydrogen) atoms. The van der Waals surface area contributed by atoms with E-state index in [0.29, 0.717) is 5.69 Å². The Morgan fingerprint density at radius 1 is 1.50 bits per heavy atom. The molecule has 0 aliphatic heterocycles. The molecule has 0 saturated heterocycles. The molecule has 0 saturated carbocycles. The first-order valence-electron chi connectivity index (χ1n) is 7.52. The summed E-state index contributed by atoms with van der Waals surface area (Å²) < 4.78 is 0. The molecule has 5 nitrogen and oxygen atoms in total. The van der Waals surface area contributed by atoms with Gasteiger partial charge in [0.05, 0.1) is 5.60 Å². The topological polar surface area (TPSA) is 78.0 Å². The minimum absolute atomic E-state index is 0.135. The van der Waals surface area contributed by atoms with Crippen molar-refractivity contribution in [3.63, 3.8) is 0 Å². The molecule has 0 fully saturated rings. The zero-order valence-electron chi connectivity index (χ0n) is 12.6. The number of fused-ring (bicyclic) bond motifs is 1. The number of hydrogen-bond acceptors (Lipinski definition) is 3. The van der Waals surface area contributed by atoms with Crippen molar-refractivity contribution in [3.05, 3.63) is 17.0 Å². The number of aryl methyl sites for hydroxylation is 1. The molecule has 1 aromatic rings. The zero-order chi connectivity index (χ0) is 14.8. The van der Waals surface area contributed by atoms with Gasteiger partial charge in [-0.3, -0.25) is 9.89 Å². The second kappa shape index (κ2) is 5.95. The fourth-order valence-corrected chi connectivity index (χ4v) is 2.63. The van der Waals surface area contributed by atoms with Crippen molar-refractivity contribution in [1.82, 2.24) is 15.5 Å². The van der Waals surface area contributed by atoms with Gasteiger partial charge in [-0.05, 0) is 38.5 Å². The van der Waals surface area contributed by atoms with Crippen molar-refractivity contribution < 1.29 is 9.90 Å². The second-order valence-corrected chi connectivity index (χ2v) is 6.09. The third-order valence-electron chi connectivity index (χ3n) is 4.55. The lowest BCUT2D eigenvalue weighted by molar-refractivity contribution is 0.00587. The molecular formula is C15H25N3O2. The fourth-order valence-electron chi connectivity index (χ4n) is 2.63. The molecule has 0 bridgehead atoms. The SMILES string of the molecule is CCC(C)C(C)(O)CNC(=O)c1n[nH]c2c1CCCC2. The molecule has 1 heterocycles. The number of rotatable bonds is 5. The first-order chi connectivity index (χ1) is 9.45. The first kappa shape index (κ1) is 15.0. The number of amides is 1. The van der Waals surface area contributed by atoms with Gasteiger partial charge < -0.3 is 10.4 Å². The predicted octanol–water partition coefficient (Wildman–Crippen LogP) is 1.82. The normalized spacial score (nSPS) is 19.0. The van der Waals surface area contributed by atoms with Gasteiger partial charge in [0, 0.05) is 17.8 Å². The molecule has 2 unspecified atom stereocenters. The molecule has 112 valence electrons. The van der Waals surface area contributed by atoms with Crippen LogP contribution in [0.3, 0.4) is 0 Å². The summed E-state index contributed by atoms with van der Waals surface area (Å²) in [5.41, 5.74) is 1.76. The summed E-state index contributed by atoms with van der Waals surface area (Å²) in [5, 5.41) is 20.3. The third kappa shape index (κ3) is 3.03. The van der Waals surface area contributed by atoms with E-state index in [4.69, 9.17) is 0 Å². The third-order valence-corrected chi connectivity index (χ3v) is 4.55. The quantitative estimate of drug-likeness (QED) is 0.769. The van der Waals surface area contributed by atoms with Gasteiger partial charge in [0.25, 0.3) is 5.91 Å². The number of H-pyrrole nitrogens is 1. The lowest BCUT2D eigenvalue weighted by atomic mass is 9.88. The first-order valence-corrected chi connectivity index (χ1v) is 7.52. The molecule has 2 atom stereocenters. The van der Waals surface area contributed by atoms with Crippen molar-refractivity contribution in [2.45, 2.75) is 58.5 Å². The number of aromatic amines is 1. The average molecular weight is 279 g/mol.